The monoisotopic (exact) mass is 325 g/mol. The smallest absolute Gasteiger partial charge is 0.294 e. The third kappa shape index (κ3) is 3.04. The lowest BCUT2D eigenvalue weighted by Gasteiger charge is -2.00. The van der Waals surface area contributed by atoms with Gasteiger partial charge in [-0.3, -0.25) is 25.7 Å². The van der Waals surface area contributed by atoms with Crippen LogP contribution in [0.1, 0.15) is 5.69 Å². The third-order valence-corrected chi connectivity index (χ3v) is 3.33. The quantitative estimate of drug-likeness (QED) is 0.422. The molecule has 0 saturated carbocycles. The van der Waals surface area contributed by atoms with Gasteiger partial charge in [0.05, 0.1) is 27.3 Å². The first-order valence-electron chi connectivity index (χ1n) is 6.84. The number of nitro benzene ring substituents is 2. The van der Waals surface area contributed by atoms with Gasteiger partial charge in [0, 0.05) is 23.6 Å². The van der Waals surface area contributed by atoms with E-state index in [0.29, 0.717) is 11.2 Å². The van der Waals surface area contributed by atoms with Gasteiger partial charge in [0.2, 0.25) is 0 Å². The number of hydrogen-bond donors (Lipinski definition) is 2. The van der Waals surface area contributed by atoms with E-state index in [1.54, 1.807) is 30.3 Å². The summed E-state index contributed by atoms with van der Waals surface area (Å²) >= 11 is 0. The first-order chi connectivity index (χ1) is 11.5. The van der Waals surface area contributed by atoms with Gasteiger partial charge in [0.25, 0.3) is 11.4 Å². The van der Waals surface area contributed by atoms with E-state index >= 15 is 0 Å². The van der Waals surface area contributed by atoms with Crippen molar-refractivity contribution in [1.29, 1.82) is 0 Å². The van der Waals surface area contributed by atoms with Crippen molar-refractivity contribution in [2.24, 2.45) is 5.10 Å². The molecule has 0 radical (unpaired) electrons. The maximum atomic E-state index is 10.9. The zero-order valence-electron chi connectivity index (χ0n) is 12.2. The van der Waals surface area contributed by atoms with Crippen LogP contribution in [0.3, 0.4) is 0 Å². The van der Waals surface area contributed by atoms with Crippen LogP contribution in [0.15, 0.2) is 53.6 Å². The average Bonchev–Trinajstić information content (AvgIpc) is 2.96. The number of fused-ring (bicyclic) bond motifs is 1. The summed E-state index contributed by atoms with van der Waals surface area (Å²) in [4.78, 5) is 23.7. The Morgan fingerprint density at radius 3 is 2.58 bits per heavy atom. The maximum Gasteiger partial charge on any atom is 0.294 e. The van der Waals surface area contributed by atoms with Crippen molar-refractivity contribution in [3.05, 3.63) is 74.5 Å². The van der Waals surface area contributed by atoms with Gasteiger partial charge in [-0.25, -0.2) is 0 Å². The van der Waals surface area contributed by atoms with Gasteiger partial charge in [-0.05, 0) is 18.2 Å². The summed E-state index contributed by atoms with van der Waals surface area (Å²) in [5, 5.41) is 26.4. The van der Waals surface area contributed by atoms with Gasteiger partial charge < -0.3 is 4.98 Å². The van der Waals surface area contributed by atoms with Crippen LogP contribution in [-0.2, 0) is 0 Å². The Morgan fingerprint density at radius 2 is 1.83 bits per heavy atom. The van der Waals surface area contributed by atoms with Crippen LogP contribution in [0.4, 0.5) is 17.1 Å². The fraction of sp³-hybridized carbons (Fsp3) is 0. The van der Waals surface area contributed by atoms with Gasteiger partial charge in [-0.1, -0.05) is 12.1 Å². The molecule has 2 N–H and O–H groups in total. The van der Waals surface area contributed by atoms with Crippen LogP contribution in [0.2, 0.25) is 0 Å². The van der Waals surface area contributed by atoms with Crippen LogP contribution in [0, 0.1) is 20.2 Å². The standard InChI is InChI=1S/C15H11N5O4/c21-19(22)12-6-5-10-7-11(17-14(10)8-12)9-16-18-13-3-1-2-4-15(13)20(23)24/h1-9,17-18H/b16-9+. The molecule has 0 fully saturated rings. The fourth-order valence-corrected chi connectivity index (χ4v) is 2.22. The minimum Gasteiger partial charge on any atom is -0.354 e. The minimum absolute atomic E-state index is 0.00845. The van der Waals surface area contributed by atoms with Crippen molar-refractivity contribution >= 4 is 34.2 Å². The van der Waals surface area contributed by atoms with E-state index in [9.17, 15) is 20.2 Å². The number of aromatic amines is 1. The highest BCUT2D eigenvalue weighted by atomic mass is 16.6. The Hall–Kier alpha value is -3.75. The topological polar surface area (TPSA) is 126 Å². The number of nitrogens with zero attached hydrogens (tertiary/aromatic N) is 3. The largest absolute Gasteiger partial charge is 0.354 e. The molecule has 0 aliphatic heterocycles. The van der Waals surface area contributed by atoms with E-state index in [1.807, 2.05) is 0 Å². The second-order valence-electron chi connectivity index (χ2n) is 4.90. The first-order valence-corrected chi connectivity index (χ1v) is 6.84. The minimum atomic E-state index is -0.500. The van der Waals surface area contributed by atoms with E-state index in [-0.39, 0.29) is 17.1 Å². The van der Waals surface area contributed by atoms with E-state index in [1.165, 1.54) is 24.4 Å². The van der Waals surface area contributed by atoms with E-state index < -0.39 is 9.85 Å². The molecule has 9 heteroatoms. The zero-order valence-corrected chi connectivity index (χ0v) is 12.2. The molecule has 9 nitrogen and oxygen atoms in total. The number of hydrazone groups is 1. The predicted octanol–water partition coefficient (Wildman–Crippen LogP) is 3.43. The number of anilines is 1. The Kier molecular flexibility index (Phi) is 3.89. The van der Waals surface area contributed by atoms with E-state index in [0.717, 1.165) is 5.39 Å². The molecule has 3 aromatic rings. The van der Waals surface area contributed by atoms with Crippen molar-refractivity contribution in [3.8, 4) is 0 Å². The van der Waals surface area contributed by atoms with Crippen LogP contribution < -0.4 is 5.43 Å². The lowest BCUT2D eigenvalue weighted by molar-refractivity contribution is -0.384. The Labute approximate surface area is 134 Å². The molecule has 24 heavy (non-hydrogen) atoms. The molecular weight excluding hydrogens is 314 g/mol. The Bertz CT molecular complexity index is 963. The first kappa shape index (κ1) is 15.2. The van der Waals surface area contributed by atoms with Crippen molar-refractivity contribution < 1.29 is 9.85 Å². The van der Waals surface area contributed by atoms with Gasteiger partial charge in [-0.2, -0.15) is 5.10 Å². The number of rotatable bonds is 5. The molecule has 2 aromatic carbocycles. The van der Waals surface area contributed by atoms with Crippen LogP contribution >= 0.6 is 0 Å². The van der Waals surface area contributed by atoms with Crippen LogP contribution in [-0.4, -0.2) is 21.0 Å². The molecule has 0 unspecified atom stereocenters. The molecule has 0 aliphatic carbocycles. The highest BCUT2D eigenvalue weighted by Crippen LogP contribution is 2.23. The van der Waals surface area contributed by atoms with Crippen LogP contribution in [0.25, 0.3) is 10.9 Å². The summed E-state index contributed by atoms with van der Waals surface area (Å²) in [7, 11) is 0. The number of nitro groups is 2. The summed E-state index contributed by atoms with van der Waals surface area (Å²) < 4.78 is 0. The number of hydrogen-bond acceptors (Lipinski definition) is 6. The number of benzene rings is 2. The molecular formula is C15H11N5O4. The maximum absolute atomic E-state index is 10.9. The molecule has 0 atom stereocenters. The summed E-state index contributed by atoms with van der Waals surface area (Å²) in [5.74, 6) is 0. The summed E-state index contributed by atoms with van der Waals surface area (Å²) in [6, 6.07) is 12.4. The highest BCUT2D eigenvalue weighted by molar-refractivity contribution is 5.90. The summed E-state index contributed by atoms with van der Waals surface area (Å²) in [5.41, 5.74) is 4.01. The molecule has 0 spiro atoms. The Morgan fingerprint density at radius 1 is 1.04 bits per heavy atom. The van der Waals surface area contributed by atoms with Crippen molar-refractivity contribution in [2.45, 2.75) is 0 Å². The van der Waals surface area contributed by atoms with Gasteiger partial charge in [-0.15, -0.1) is 0 Å². The molecule has 0 amide bonds. The van der Waals surface area contributed by atoms with E-state index in [2.05, 4.69) is 15.5 Å². The summed E-state index contributed by atoms with van der Waals surface area (Å²) in [6.45, 7) is 0. The number of H-pyrrole nitrogens is 1. The Balaban J connectivity index is 1.81. The number of non-ortho nitro benzene ring substituents is 1. The summed E-state index contributed by atoms with van der Waals surface area (Å²) in [6.07, 6.45) is 1.45. The number of nitrogens with one attached hydrogen (secondary N) is 2. The lowest BCUT2D eigenvalue weighted by Crippen LogP contribution is -1.96. The SMILES string of the molecule is O=[N+]([O-])c1ccc2cc(/C=N/Nc3ccccc3[N+](=O)[O-])[nH]c2c1. The molecule has 120 valence electrons. The second kappa shape index (κ2) is 6.16. The highest BCUT2D eigenvalue weighted by Gasteiger charge is 2.11. The predicted molar refractivity (Wildman–Crippen MR) is 89.3 cm³/mol. The number of para-hydroxylation sites is 2. The van der Waals surface area contributed by atoms with Crippen molar-refractivity contribution in [1.82, 2.24) is 4.98 Å². The normalized spacial score (nSPS) is 11.0. The third-order valence-electron chi connectivity index (χ3n) is 3.33. The molecule has 0 aliphatic rings. The zero-order chi connectivity index (χ0) is 17.1. The average molecular weight is 325 g/mol. The molecule has 1 heterocycles. The van der Waals surface area contributed by atoms with Gasteiger partial charge in [0.1, 0.15) is 5.69 Å². The van der Waals surface area contributed by atoms with Crippen LogP contribution in [0.5, 0.6) is 0 Å². The molecule has 3 rings (SSSR count). The van der Waals surface area contributed by atoms with Gasteiger partial charge in [0.15, 0.2) is 0 Å². The second-order valence-corrected chi connectivity index (χ2v) is 4.90. The molecule has 0 bridgehead atoms. The van der Waals surface area contributed by atoms with Gasteiger partial charge >= 0.3 is 0 Å². The van der Waals surface area contributed by atoms with Crippen molar-refractivity contribution in [3.63, 3.8) is 0 Å². The molecule has 1 aromatic heterocycles. The van der Waals surface area contributed by atoms with E-state index in [4.69, 9.17) is 0 Å². The fourth-order valence-electron chi connectivity index (χ4n) is 2.22. The van der Waals surface area contributed by atoms with Crippen molar-refractivity contribution in [2.75, 3.05) is 5.43 Å². The lowest BCUT2D eigenvalue weighted by atomic mass is 10.2. The number of aromatic nitrogens is 1. The molecule has 0 saturated heterocycles.